The minimum atomic E-state index is -1.24. The van der Waals surface area contributed by atoms with Crippen LogP contribution in [0.25, 0.3) is 0 Å². The minimum Gasteiger partial charge on any atom is -0.292 e. The van der Waals surface area contributed by atoms with Crippen molar-refractivity contribution in [2.24, 2.45) is 0 Å². The highest BCUT2D eigenvalue weighted by molar-refractivity contribution is 6.36. The first-order valence-corrected chi connectivity index (χ1v) is 6.44. The Morgan fingerprint density at radius 1 is 1.10 bits per heavy atom. The molecule has 0 fully saturated rings. The van der Waals surface area contributed by atoms with Gasteiger partial charge in [0.25, 0.3) is 0 Å². The van der Waals surface area contributed by atoms with Gasteiger partial charge in [0, 0.05) is 15.6 Å². The molecular formula is C15H8Cl2FNO. The Morgan fingerprint density at radius 3 is 2.25 bits per heavy atom. The van der Waals surface area contributed by atoms with Gasteiger partial charge in [0.05, 0.1) is 11.6 Å². The Bertz CT molecular complexity index is 689. The molecule has 0 saturated carbocycles. The van der Waals surface area contributed by atoms with Gasteiger partial charge >= 0.3 is 0 Å². The molecule has 5 heteroatoms. The molecule has 0 spiro atoms. The molecule has 20 heavy (non-hydrogen) atoms. The summed E-state index contributed by atoms with van der Waals surface area (Å²) in [5.41, 5.74) is 0.0432. The first-order valence-electron chi connectivity index (χ1n) is 5.68. The molecule has 0 heterocycles. The molecular weight excluding hydrogens is 300 g/mol. The third kappa shape index (κ3) is 2.67. The van der Waals surface area contributed by atoms with Gasteiger partial charge < -0.3 is 0 Å². The van der Waals surface area contributed by atoms with E-state index in [1.165, 1.54) is 30.3 Å². The predicted molar refractivity (Wildman–Crippen MR) is 75.5 cm³/mol. The monoisotopic (exact) mass is 307 g/mol. The summed E-state index contributed by atoms with van der Waals surface area (Å²) in [6.45, 7) is 0. The van der Waals surface area contributed by atoms with E-state index in [4.69, 9.17) is 23.2 Å². The summed E-state index contributed by atoms with van der Waals surface area (Å²) in [5, 5.41) is 9.65. The van der Waals surface area contributed by atoms with Crippen molar-refractivity contribution in [1.29, 1.82) is 5.26 Å². The molecule has 1 atom stereocenters. The summed E-state index contributed by atoms with van der Waals surface area (Å²) in [5.74, 6) is -2.59. The average molecular weight is 308 g/mol. The molecule has 2 aromatic carbocycles. The van der Waals surface area contributed by atoms with Crippen LogP contribution in [0.2, 0.25) is 10.0 Å². The number of halogens is 3. The molecule has 0 radical (unpaired) electrons. The third-order valence-electron chi connectivity index (χ3n) is 2.82. The van der Waals surface area contributed by atoms with Gasteiger partial charge in [-0.1, -0.05) is 41.4 Å². The largest absolute Gasteiger partial charge is 0.292 e. The first-order chi connectivity index (χ1) is 9.56. The number of ketones is 1. The molecule has 0 aliphatic heterocycles. The molecule has 0 aliphatic rings. The maximum absolute atomic E-state index is 13.7. The van der Waals surface area contributed by atoms with Gasteiger partial charge in [0.1, 0.15) is 11.7 Å². The summed E-state index contributed by atoms with van der Waals surface area (Å²) in [7, 11) is 0. The highest BCUT2D eigenvalue weighted by atomic mass is 35.5. The second-order valence-corrected chi connectivity index (χ2v) is 4.86. The SMILES string of the molecule is N#CC(C(=O)c1ccccc1F)c1c(Cl)cccc1Cl. The smallest absolute Gasteiger partial charge is 0.187 e. The van der Waals surface area contributed by atoms with E-state index >= 15 is 0 Å². The van der Waals surface area contributed by atoms with Crippen molar-refractivity contribution >= 4 is 29.0 Å². The number of hydrogen-bond acceptors (Lipinski definition) is 2. The van der Waals surface area contributed by atoms with Crippen LogP contribution in [0.3, 0.4) is 0 Å². The van der Waals surface area contributed by atoms with Crippen molar-refractivity contribution in [2.75, 3.05) is 0 Å². The second kappa shape index (κ2) is 6.04. The summed E-state index contributed by atoms with van der Waals surface area (Å²) < 4.78 is 13.7. The molecule has 2 rings (SSSR count). The van der Waals surface area contributed by atoms with Gasteiger partial charge in [-0.05, 0) is 24.3 Å². The normalized spacial score (nSPS) is 11.7. The molecule has 100 valence electrons. The van der Waals surface area contributed by atoms with Crippen LogP contribution in [0.4, 0.5) is 4.39 Å². The van der Waals surface area contributed by atoms with E-state index < -0.39 is 17.5 Å². The van der Waals surface area contributed by atoms with Crippen LogP contribution in [-0.4, -0.2) is 5.78 Å². The van der Waals surface area contributed by atoms with E-state index in [1.54, 1.807) is 6.07 Å². The zero-order chi connectivity index (χ0) is 14.7. The Morgan fingerprint density at radius 2 is 1.70 bits per heavy atom. The van der Waals surface area contributed by atoms with Crippen molar-refractivity contribution in [2.45, 2.75) is 5.92 Å². The number of carbonyl (C=O) groups excluding carboxylic acids is 1. The second-order valence-electron chi connectivity index (χ2n) is 4.04. The zero-order valence-corrected chi connectivity index (χ0v) is 11.6. The van der Waals surface area contributed by atoms with Crippen LogP contribution < -0.4 is 0 Å². The Labute approximate surface area is 125 Å². The standard InChI is InChI=1S/C15H8Cl2FNO/c16-11-5-3-6-12(17)14(11)10(8-19)15(20)9-4-1-2-7-13(9)18/h1-7,10H. The fourth-order valence-electron chi connectivity index (χ4n) is 1.86. The van der Waals surface area contributed by atoms with Crippen molar-refractivity contribution in [3.63, 3.8) is 0 Å². The van der Waals surface area contributed by atoms with Gasteiger partial charge in [0.15, 0.2) is 5.78 Å². The molecule has 0 N–H and O–H groups in total. The van der Waals surface area contributed by atoms with Crippen molar-refractivity contribution < 1.29 is 9.18 Å². The first kappa shape index (κ1) is 14.5. The molecule has 2 aromatic rings. The highest BCUT2D eigenvalue weighted by Crippen LogP contribution is 2.33. The van der Waals surface area contributed by atoms with Crippen LogP contribution in [0, 0.1) is 17.1 Å². The Balaban J connectivity index is 2.52. The number of benzene rings is 2. The van der Waals surface area contributed by atoms with Crippen LogP contribution >= 0.6 is 23.2 Å². The molecule has 0 saturated heterocycles. The number of carbonyl (C=O) groups is 1. The van der Waals surface area contributed by atoms with Crippen LogP contribution in [0.5, 0.6) is 0 Å². The Hall–Kier alpha value is -1.89. The number of hydrogen-bond donors (Lipinski definition) is 0. The third-order valence-corrected chi connectivity index (χ3v) is 3.48. The molecule has 0 aromatic heterocycles. The van der Waals surface area contributed by atoms with Crippen molar-refractivity contribution in [3.05, 3.63) is 69.5 Å². The maximum atomic E-state index is 13.7. The van der Waals surface area contributed by atoms with E-state index in [9.17, 15) is 14.4 Å². The van der Waals surface area contributed by atoms with E-state index in [-0.39, 0.29) is 21.2 Å². The van der Waals surface area contributed by atoms with Crippen molar-refractivity contribution in [3.8, 4) is 6.07 Å². The molecule has 0 bridgehead atoms. The number of nitriles is 1. The van der Waals surface area contributed by atoms with Gasteiger partial charge in [-0.15, -0.1) is 0 Å². The molecule has 0 amide bonds. The fourth-order valence-corrected chi connectivity index (χ4v) is 2.47. The lowest BCUT2D eigenvalue weighted by Crippen LogP contribution is -2.14. The number of nitrogens with zero attached hydrogens (tertiary/aromatic N) is 1. The summed E-state index contributed by atoms with van der Waals surface area (Å²) >= 11 is 12.0. The van der Waals surface area contributed by atoms with E-state index in [0.29, 0.717) is 0 Å². The lowest BCUT2D eigenvalue weighted by Gasteiger charge is -2.12. The lowest BCUT2D eigenvalue weighted by atomic mass is 9.91. The van der Waals surface area contributed by atoms with Gasteiger partial charge in [0.2, 0.25) is 0 Å². The van der Waals surface area contributed by atoms with E-state index in [0.717, 1.165) is 6.07 Å². The summed E-state index contributed by atoms with van der Waals surface area (Å²) in [4.78, 5) is 12.3. The quantitative estimate of drug-likeness (QED) is 0.776. The number of rotatable bonds is 3. The number of Topliss-reactive ketones (excluding diaryl/α,β-unsaturated/α-hetero) is 1. The molecule has 1 unspecified atom stereocenters. The summed E-state index contributed by atoms with van der Waals surface area (Å²) in [6, 6.07) is 12.0. The molecule has 2 nitrogen and oxygen atoms in total. The van der Waals surface area contributed by atoms with Crippen molar-refractivity contribution in [1.82, 2.24) is 0 Å². The summed E-state index contributed by atoms with van der Waals surface area (Å²) in [6.07, 6.45) is 0. The average Bonchev–Trinajstić information content (AvgIpc) is 2.43. The fraction of sp³-hybridized carbons (Fsp3) is 0.0667. The van der Waals surface area contributed by atoms with Gasteiger partial charge in [-0.2, -0.15) is 5.26 Å². The maximum Gasteiger partial charge on any atom is 0.187 e. The predicted octanol–water partition coefficient (Wildman–Crippen LogP) is 4.62. The molecule has 0 aliphatic carbocycles. The van der Waals surface area contributed by atoms with Gasteiger partial charge in [-0.25, -0.2) is 4.39 Å². The van der Waals surface area contributed by atoms with Crippen LogP contribution in [0.1, 0.15) is 21.8 Å². The lowest BCUT2D eigenvalue weighted by molar-refractivity contribution is 0.0975. The van der Waals surface area contributed by atoms with Gasteiger partial charge in [-0.3, -0.25) is 4.79 Å². The highest BCUT2D eigenvalue weighted by Gasteiger charge is 2.27. The van der Waals surface area contributed by atoms with E-state index in [1.807, 2.05) is 6.07 Å². The Kier molecular flexibility index (Phi) is 4.39. The van der Waals surface area contributed by atoms with Crippen LogP contribution in [-0.2, 0) is 0 Å². The zero-order valence-electron chi connectivity index (χ0n) is 10.1. The topological polar surface area (TPSA) is 40.9 Å². The van der Waals surface area contributed by atoms with Crippen LogP contribution in [0.15, 0.2) is 42.5 Å². The van der Waals surface area contributed by atoms with E-state index in [2.05, 4.69) is 0 Å². The minimum absolute atomic E-state index is 0.157.